The van der Waals surface area contributed by atoms with Crippen LogP contribution in [0.2, 0.25) is 0 Å². The van der Waals surface area contributed by atoms with Crippen LogP contribution in [0.5, 0.6) is 11.5 Å². The molecule has 5 atom stereocenters. The molecule has 30 heavy (non-hydrogen) atoms. The zero-order chi connectivity index (χ0) is 21.6. The van der Waals surface area contributed by atoms with Crippen LogP contribution in [0.3, 0.4) is 0 Å². The highest BCUT2D eigenvalue weighted by Crippen LogP contribution is 2.56. The van der Waals surface area contributed by atoms with Gasteiger partial charge in [-0.3, -0.25) is 9.59 Å². The standard InChI is InChI=1S/C23H27NO6/c1-13(2)11-18-23-9-7-16(30-23)19(22(26)27)20(23)21(25)24(18)10-8-14-5-6-15(28-3)17(12-14)29-4/h5-7,9,12,16,18-20H,1,8,10-11H2,2-4H3,(H,26,27)/t16-,18-,19-,20-,23-/m1/s1. The molecule has 2 saturated heterocycles. The molecule has 0 aliphatic carbocycles. The minimum atomic E-state index is -0.986. The third-order valence-corrected chi connectivity index (χ3v) is 6.45. The van der Waals surface area contributed by atoms with Crippen LogP contribution in [-0.4, -0.2) is 60.4 Å². The molecule has 1 amide bonds. The van der Waals surface area contributed by atoms with E-state index in [2.05, 4.69) is 6.58 Å². The van der Waals surface area contributed by atoms with Crippen LogP contribution in [0.25, 0.3) is 0 Å². The fourth-order valence-electron chi connectivity index (χ4n) is 5.15. The highest BCUT2D eigenvalue weighted by molar-refractivity contribution is 5.91. The van der Waals surface area contributed by atoms with E-state index in [0.29, 0.717) is 30.9 Å². The predicted molar refractivity (Wildman–Crippen MR) is 110 cm³/mol. The van der Waals surface area contributed by atoms with Crippen molar-refractivity contribution in [3.8, 4) is 11.5 Å². The number of ether oxygens (including phenoxy) is 3. The van der Waals surface area contributed by atoms with Gasteiger partial charge in [-0.2, -0.15) is 0 Å². The number of fused-ring (bicyclic) bond motifs is 1. The van der Waals surface area contributed by atoms with Crippen LogP contribution in [-0.2, 0) is 20.7 Å². The predicted octanol–water partition coefficient (Wildman–Crippen LogP) is 2.45. The Bertz CT molecular complexity index is 924. The van der Waals surface area contributed by atoms with Crippen LogP contribution in [0.15, 0.2) is 42.5 Å². The molecule has 1 aromatic rings. The monoisotopic (exact) mass is 413 g/mol. The molecule has 3 aliphatic rings. The summed E-state index contributed by atoms with van der Waals surface area (Å²) in [7, 11) is 3.17. The molecule has 0 unspecified atom stereocenters. The van der Waals surface area contributed by atoms with Crippen molar-refractivity contribution in [2.24, 2.45) is 11.8 Å². The molecule has 0 aromatic heterocycles. The number of rotatable bonds is 8. The number of carboxylic acids is 1. The van der Waals surface area contributed by atoms with E-state index >= 15 is 0 Å². The van der Waals surface area contributed by atoms with Crippen molar-refractivity contribution in [1.29, 1.82) is 0 Å². The zero-order valence-electron chi connectivity index (χ0n) is 17.5. The first-order valence-electron chi connectivity index (χ1n) is 10.1. The fraction of sp³-hybridized carbons (Fsp3) is 0.478. The number of amides is 1. The van der Waals surface area contributed by atoms with E-state index in [1.807, 2.05) is 31.2 Å². The van der Waals surface area contributed by atoms with Crippen LogP contribution < -0.4 is 9.47 Å². The van der Waals surface area contributed by atoms with Crippen molar-refractivity contribution in [3.05, 3.63) is 48.1 Å². The van der Waals surface area contributed by atoms with Gasteiger partial charge in [0.25, 0.3) is 0 Å². The second-order valence-corrected chi connectivity index (χ2v) is 8.28. The van der Waals surface area contributed by atoms with Gasteiger partial charge in [0, 0.05) is 6.54 Å². The number of aliphatic carboxylic acids is 1. The first-order chi connectivity index (χ1) is 14.3. The Hall–Kier alpha value is -2.80. The van der Waals surface area contributed by atoms with Crippen molar-refractivity contribution >= 4 is 11.9 Å². The Labute approximate surface area is 175 Å². The molecule has 7 heteroatoms. The molecule has 1 N–H and O–H groups in total. The quantitative estimate of drug-likeness (QED) is 0.659. The van der Waals surface area contributed by atoms with Crippen molar-refractivity contribution in [3.63, 3.8) is 0 Å². The van der Waals surface area contributed by atoms with E-state index < -0.39 is 29.5 Å². The second-order valence-electron chi connectivity index (χ2n) is 8.28. The number of hydrogen-bond donors (Lipinski definition) is 1. The first-order valence-corrected chi connectivity index (χ1v) is 10.1. The summed E-state index contributed by atoms with van der Waals surface area (Å²) in [6, 6.07) is 5.41. The number of nitrogens with zero attached hydrogens (tertiary/aromatic N) is 1. The summed E-state index contributed by atoms with van der Waals surface area (Å²) in [5.74, 6) is -1.40. The normalized spacial score (nSPS) is 31.2. The van der Waals surface area contributed by atoms with E-state index in [-0.39, 0.29) is 11.9 Å². The van der Waals surface area contributed by atoms with Crippen LogP contribution >= 0.6 is 0 Å². The minimum Gasteiger partial charge on any atom is -0.493 e. The molecule has 0 saturated carbocycles. The average molecular weight is 413 g/mol. The fourth-order valence-corrected chi connectivity index (χ4v) is 5.15. The van der Waals surface area contributed by atoms with E-state index in [0.717, 1.165) is 11.1 Å². The van der Waals surface area contributed by atoms with Gasteiger partial charge in [0.2, 0.25) is 5.91 Å². The van der Waals surface area contributed by atoms with Crippen molar-refractivity contribution < 1.29 is 28.9 Å². The topological polar surface area (TPSA) is 85.3 Å². The van der Waals surface area contributed by atoms with Gasteiger partial charge < -0.3 is 24.2 Å². The Kier molecular flexibility index (Phi) is 5.10. The molecule has 1 aromatic carbocycles. The molecule has 2 bridgehead atoms. The number of methoxy groups -OCH3 is 2. The second kappa shape index (κ2) is 7.47. The van der Waals surface area contributed by atoms with Crippen molar-refractivity contribution in [1.82, 2.24) is 4.90 Å². The molecule has 160 valence electrons. The Morgan fingerprint density at radius 2 is 2.03 bits per heavy atom. The molecule has 1 spiro atoms. The van der Waals surface area contributed by atoms with Gasteiger partial charge in [0.15, 0.2) is 11.5 Å². The highest BCUT2D eigenvalue weighted by Gasteiger charge is 2.70. The number of hydrogen-bond acceptors (Lipinski definition) is 5. The lowest BCUT2D eigenvalue weighted by Gasteiger charge is -2.33. The lowest BCUT2D eigenvalue weighted by molar-refractivity contribution is -0.148. The minimum absolute atomic E-state index is 0.152. The lowest BCUT2D eigenvalue weighted by Crippen LogP contribution is -2.45. The van der Waals surface area contributed by atoms with Gasteiger partial charge in [-0.1, -0.05) is 23.8 Å². The Balaban J connectivity index is 1.61. The summed E-state index contributed by atoms with van der Waals surface area (Å²) in [6.45, 7) is 6.40. The summed E-state index contributed by atoms with van der Waals surface area (Å²) < 4.78 is 16.8. The molecule has 4 rings (SSSR count). The molecular formula is C23H27NO6. The summed E-state index contributed by atoms with van der Waals surface area (Å²) in [6.07, 6.45) is 4.33. The van der Waals surface area contributed by atoms with Gasteiger partial charge in [-0.05, 0) is 37.5 Å². The van der Waals surface area contributed by atoms with Gasteiger partial charge in [-0.15, -0.1) is 6.58 Å². The maximum atomic E-state index is 13.4. The van der Waals surface area contributed by atoms with Crippen molar-refractivity contribution in [2.45, 2.75) is 37.5 Å². The molecular weight excluding hydrogens is 386 g/mol. The molecule has 3 heterocycles. The van der Waals surface area contributed by atoms with E-state index in [9.17, 15) is 14.7 Å². The SMILES string of the molecule is C=C(C)C[C@H]1N(CCc2ccc(OC)c(OC)c2)C(=O)[C@H]2[C@H](C(=O)O)[C@H]3C=C[C@]21O3. The van der Waals surface area contributed by atoms with Crippen LogP contribution in [0, 0.1) is 11.8 Å². The third-order valence-electron chi connectivity index (χ3n) is 6.45. The average Bonchev–Trinajstić information content (AvgIpc) is 3.35. The first kappa shape index (κ1) is 20.5. The Morgan fingerprint density at radius 1 is 1.30 bits per heavy atom. The lowest BCUT2D eigenvalue weighted by atomic mass is 9.74. The molecule has 3 aliphatic heterocycles. The van der Waals surface area contributed by atoms with Crippen LogP contribution in [0.4, 0.5) is 0 Å². The van der Waals surface area contributed by atoms with Gasteiger partial charge in [-0.25, -0.2) is 0 Å². The number of benzene rings is 1. The summed E-state index contributed by atoms with van der Waals surface area (Å²) in [5, 5.41) is 9.74. The smallest absolute Gasteiger partial charge is 0.310 e. The maximum absolute atomic E-state index is 13.4. The van der Waals surface area contributed by atoms with Crippen molar-refractivity contribution in [2.75, 3.05) is 20.8 Å². The summed E-state index contributed by atoms with van der Waals surface area (Å²) in [5.41, 5.74) is 1.04. The summed E-state index contributed by atoms with van der Waals surface area (Å²) >= 11 is 0. The van der Waals surface area contributed by atoms with Gasteiger partial charge >= 0.3 is 5.97 Å². The van der Waals surface area contributed by atoms with Crippen LogP contribution in [0.1, 0.15) is 18.9 Å². The number of carboxylic acid groups (broad SMARTS) is 1. The number of likely N-dealkylation sites (tertiary alicyclic amines) is 1. The van der Waals surface area contributed by atoms with E-state index in [1.165, 1.54) is 0 Å². The molecule has 0 radical (unpaired) electrons. The third kappa shape index (κ3) is 2.99. The number of carbonyl (C=O) groups excluding carboxylic acids is 1. The molecule has 2 fully saturated rings. The Morgan fingerprint density at radius 3 is 2.67 bits per heavy atom. The van der Waals surface area contributed by atoms with E-state index in [1.54, 1.807) is 25.2 Å². The maximum Gasteiger partial charge on any atom is 0.310 e. The summed E-state index contributed by atoms with van der Waals surface area (Å²) in [4.78, 5) is 27.1. The van der Waals surface area contributed by atoms with E-state index in [4.69, 9.17) is 14.2 Å². The van der Waals surface area contributed by atoms with Gasteiger partial charge in [0.1, 0.15) is 11.5 Å². The number of carbonyl (C=O) groups is 2. The van der Waals surface area contributed by atoms with Gasteiger partial charge in [0.05, 0.1) is 32.3 Å². The molecule has 7 nitrogen and oxygen atoms in total. The zero-order valence-corrected chi connectivity index (χ0v) is 17.5. The largest absolute Gasteiger partial charge is 0.493 e. The highest BCUT2D eigenvalue weighted by atomic mass is 16.5.